The summed E-state index contributed by atoms with van der Waals surface area (Å²) in [6.07, 6.45) is 2.52. The summed E-state index contributed by atoms with van der Waals surface area (Å²) in [7, 11) is 2.05. The highest BCUT2D eigenvalue weighted by atomic mass is 16.5. The number of hydrogen-bond donors (Lipinski definition) is 2. The van der Waals surface area contributed by atoms with Crippen molar-refractivity contribution in [3.05, 3.63) is 58.4 Å². The third kappa shape index (κ3) is 7.43. The SMILES string of the molecule is CCOC(=O)c1[nH]c(C)c(CCC(=O)N2CCCC(C(=O)NCCN(C)Cc3ccccc3)C2)c1C. The first-order chi connectivity index (χ1) is 17.3. The van der Waals surface area contributed by atoms with Crippen LogP contribution in [0.25, 0.3) is 0 Å². The van der Waals surface area contributed by atoms with Gasteiger partial charge in [-0.3, -0.25) is 9.59 Å². The molecule has 1 aromatic heterocycles. The Morgan fingerprint density at radius 2 is 1.94 bits per heavy atom. The summed E-state index contributed by atoms with van der Waals surface area (Å²) in [5.41, 5.74) is 4.41. The normalized spacial score (nSPS) is 15.7. The number of aromatic nitrogens is 1. The van der Waals surface area contributed by atoms with Gasteiger partial charge in [-0.2, -0.15) is 0 Å². The van der Waals surface area contributed by atoms with Crippen molar-refractivity contribution >= 4 is 17.8 Å². The highest BCUT2D eigenvalue weighted by Gasteiger charge is 2.28. The summed E-state index contributed by atoms with van der Waals surface area (Å²) >= 11 is 0. The van der Waals surface area contributed by atoms with Gasteiger partial charge in [-0.15, -0.1) is 0 Å². The zero-order valence-corrected chi connectivity index (χ0v) is 22.1. The predicted molar refractivity (Wildman–Crippen MR) is 140 cm³/mol. The van der Waals surface area contributed by atoms with Crippen LogP contribution >= 0.6 is 0 Å². The molecule has 2 aromatic rings. The molecule has 196 valence electrons. The molecule has 0 saturated carbocycles. The van der Waals surface area contributed by atoms with Crippen molar-refractivity contribution in [2.24, 2.45) is 5.92 Å². The Balaban J connectivity index is 1.44. The first-order valence-corrected chi connectivity index (χ1v) is 12.9. The Hall–Kier alpha value is -3.13. The molecule has 1 unspecified atom stereocenters. The van der Waals surface area contributed by atoms with E-state index in [4.69, 9.17) is 4.74 Å². The number of likely N-dealkylation sites (N-methyl/N-ethyl adjacent to an activating group) is 1. The Morgan fingerprint density at radius 3 is 2.67 bits per heavy atom. The molecular formula is C28H40N4O4. The molecule has 1 saturated heterocycles. The summed E-state index contributed by atoms with van der Waals surface area (Å²) in [4.78, 5) is 45.0. The molecule has 1 fully saturated rings. The van der Waals surface area contributed by atoms with Crippen molar-refractivity contribution in [2.75, 3.05) is 39.8 Å². The third-order valence-corrected chi connectivity index (χ3v) is 6.89. The second kappa shape index (κ2) is 13.3. The number of aromatic amines is 1. The van der Waals surface area contributed by atoms with Crippen molar-refractivity contribution < 1.29 is 19.1 Å². The molecule has 2 N–H and O–H groups in total. The first kappa shape index (κ1) is 27.5. The van der Waals surface area contributed by atoms with Crippen molar-refractivity contribution in [3.63, 3.8) is 0 Å². The number of amides is 2. The number of carbonyl (C=O) groups is 3. The van der Waals surface area contributed by atoms with Crippen LogP contribution < -0.4 is 5.32 Å². The molecule has 2 amide bonds. The molecule has 0 bridgehead atoms. The Bertz CT molecular complexity index is 1030. The number of ether oxygens (including phenoxy) is 1. The van der Waals surface area contributed by atoms with Crippen LogP contribution in [0.1, 0.15) is 59.1 Å². The zero-order chi connectivity index (χ0) is 26.1. The van der Waals surface area contributed by atoms with Crippen molar-refractivity contribution in [1.29, 1.82) is 0 Å². The van der Waals surface area contributed by atoms with Crippen molar-refractivity contribution in [1.82, 2.24) is 20.1 Å². The minimum atomic E-state index is -0.369. The molecule has 1 aliphatic rings. The molecule has 1 aliphatic heterocycles. The fourth-order valence-electron chi connectivity index (χ4n) is 4.87. The van der Waals surface area contributed by atoms with Gasteiger partial charge in [-0.25, -0.2) is 4.79 Å². The maximum Gasteiger partial charge on any atom is 0.355 e. The molecule has 1 aromatic carbocycles. The number of esters is 1. The van der Waals surface area contributed by atoms with Gasteiger partial charge in [0.15, 0.2) is 0 Å². The van der Waals surface area contributed by atoms with Crippen LogP contribution in [0.4, 0.5) is 0 Å². The van der Waals surface area contributed by atoms with E-state index in [9.17, 15) is 14.4 Å². The van der Waals surface area contributed by atoms with Gasteiger partial charge in [0, 0.05) is 44.8 Å². The van der Waals surface area contributed by atoms with Crippen LogP contribution in [0.15, 0.2) is 30.3 Å². The van der Waals surface area contributed by atoms with E-state index in [0.29, 0.717) is 44.8 Å². The van der Waals surface area contributed by atoms with Crippen LogP contribution in [-0.4, -0.2) is 72.4 Å². The van der Waals surface area contributed by atoms with Gasteiger partial charge in [0.1, 0.15) is 5.69 Å². The second-order valence-corrected chi connectivity index (χ2v) is 9.64. The van der Waals surface area contributed by atoms with E-state index < -0.39 is 0 Å². The summed E-state index contributed by atoms with van der Waals surface area (Å²) in [6, 6.07) is 10.3. The lowest BCUT2D eigenvalue weighted by atomic mass is 9.96. The number of hydrogen-bond acceptors (Lipinski definition) is 5. The molecular weight excluding hydrogens is 456 g/mol. The average Bonchev–Trinajstić information content (AvgIpc) is 3.16. The second-order valence-electron chi connectivity index (χ2n) is 9.64. The molecule has 8 nitrogen and oxygen atoms in total. The van der Waals surface area contributed by atoms with E-state index in [1.165, 1.54) is 5.56 Å². The van der Waals surface area contributed by atoms with Crippen LogP contribution in [0.3, 0.4) is 0 Å². The Morgan fingerprint density at radius 1 is 1.19 bits per heavy atom. The van der Waals surface area contributed by atoms with Crippen LogP contribution in [-0.2, 0) is 27.3 Å². The standard InChI is InChI=1S/C28H40N4O4/c1-5-36-28(35)26-20(2)24(21(3)30-26)13-14-25(33)32-16-9-12-23(19-32)27(34)29-15-17-31(4)18-22-10-7-6-8-11-22/h6-8,10-11,23,30H,5,9,12-19H2,1-4H3,(H,29,34). The predicted octanol–water partition coefficient (Wildman–Crippen LogP) is 3.23. The van der Waals surface area contributed by atoms with Crippen LogP contribution in [0.5, 0.6) is 0 Å². The zero-order valence-electron chi connectivity index (χ0n) is 22.1. The first-order valence-electron chi connectivity index (χ1n) is 12.9. The van der Waals surface area contributed by atoms with Gasteiger partial charge in [0.05, 0.1) is 12.5 Å². The van der Waals surface area contributed by atoms with E-state index in [2.05, 4.69) is 27.3 Å². The van der Waals surface area contributed by atoms with E-state index >= 15 is 0 Å². The quantitative estimate of drug-likeness (QED) is 0.466. The molecule has 0 radical (unpaired) electrons. The molecule has 1 atom stereocenters. The van der Waals surface area contributed by atoms with Crippen LogP contribution in [0.2, 0.25) is 0 Å². The summed E-state index contributed by atoms with van der Waals surface area (Å²) in [5, 5.41) is 3.06. The highest BCUT2D eigenvalue weighted by molar-refractivity contribution is 5.90. The number of aryl methyl sites for hydroxylation is 1. The van der Waals surface area contributed by atoms with E-state index in [1.807, 2.05) is 44.0 Å². The molecule has 3 rings (SSSR count). The van der Waals surface area contributed by atoms with Gasteiger partial charge >= 0.3 is 5.97 Å². The maximum absolute atomic E-state index is 13.0. The number of nitrogens with zero attached hydrogens (tertiary/aromatic N) is 2. The summed E-state index contributed by atoms with van der Waals surface area (Å²) in [5.74, 6) is -0.468. The van der Waals surface area contributed by atoms with E-state index in [0.717, 1.165) is 42.8 Å². The van der Waals surface area contributed by atoms with E-state index in [-0.39, 0.29) is 23.7 Å². The monoisotopic (exact) mass is 496 g/mol. The van der Waals surface area contributed by atoms with Gasteiger partial charge in [0.2, 0.25) is 11.8 Å². The highest BCUT2D eigenvalue weighted by Crippen LogP contribution is 2.22. The van der Waals surface area contributed by atoms with Crippen molar-refractivity contribution in [2.45, 2.75) is 53.0 Å². The minimum Gasteiger partial charge on any atom is -0.461 e. The van der Waals surface area contributed by atoms with Crippen molar-refractivity contribution in [3.8, 4) is 0 Å². The Labute approximate surface area is 214 Å². The molecule has 0 spiro atoms. The number of nitrogens with one attached hydrogen (secondary N) is 2. The topological polar surface area (TPSA) is 94.7 Å². The number of H-pyrrole nitrogens is 1. The van der Waals surface area contributed by atoms with Crippen LogP contribution in [0, 0.1) is 19.8 Å². The largest absolute Gasteiger partial charge is 0.461 e. The smallest absolute Gasteiger partial charge is 0.355 e. The minimum absolute atomic E-state index is 0.0250. The molecule has 2 heterocycles. The van der Waals surface area contributed by atoms with Gasteiger partial charge in [-0.1, -0.05) is 30.3 Å². The maximum atomic E-state index is 13.0. The lowest BCUT2D eigenvalue weighted by Crippen LogP contribution is -2.46. The third-order valence-electron chi connectivity index (χ3n) is 6.89. The summed E-state index contributed by atoms with van der Waals surface area (Å²) < 4.78 is 5.11. The fourth-order valence-corrected chi connectivity index (χ4v) is 4.87. The molecule has 0 aliphatic carbocycles. The van der Waals surface area contributed by atoms with E-state index in [1.54, 1.807) is 6.92 Å². The number of carbonyl (C=O) groups excluding carboxylic acids is 3. The number of benzene rings is 1. The lowest BCUT2D eigenvalue weighted by Gasteiger charge is -2.32. The lowest BCUT2D eigenvalue weighted by molar-refractivity contribution is -0.135. The Kier molecular flexibility index (Phi) is 10.1. The van der Waals surface area contributed by atoms with Gasteiger partial charge in [-0.05, 0) is 63.8 Å². The number of rotatable bonds is 11. The average molecular weight is 497 g/mol. The van der Waals surface area contributed by atoms with Gasteiger partial charge < -0.3 is 24.8 Å². The molecule has 36 heavy (non-hydrogen) atoms. The van der Waals surface area contributed by atoms with Gasteiger partial charge in [0.25, 0.3) is 0 Å². The summed E-state index contributed by atoms with van der Waals surface area (Å²) in [6.45, 7) is 9.22. The number of piperidine rings is 1. The molecule has 8 heteroatoms. The fraction of sp³-hybridized carbons (Fsp3) is 0.536. The number of likely N-dealkylation sites (tertiary alicyclic amines) is 1.